The van der Waals surface area contributed by atoms with Crippen molar-refractivity contribution in [2.45, 2.75) is 26.3 Å². The third-order valence-corrected chi connectivity index (χ3v) is 3.89. The molecule has 0 aromatic heterocycles. The lowest BCUT2D eigenvalue weighted by molar-refractivity contribution is 0.0932. The summed E-state index contributed by atoms with van der Waals surface area (Å²) in [4.78, 5) is 12.5. The van der Waals surface area contributed by atoms with Crippen molar-refractivity contribution in [2.75, 3.05) is 7.11 Å². The summed E-state index contributed by atoms with van der Waals surface area (Å²) in [6.07, 6.45) is 0.867. The third kappa shape index (κ3) is 5.00. The number of nitrogens with one attached hydrogen (secondary N) is 1. The quantitative estimate of drug-likeness (QED) is 0.820. The molecule has 0 aliphatic heterocycles. The minimum atomic E-state index is -0.0943. The van der Waals surface area contributed by atoms with Crippen LogP contribution in [0.3, 0.4) is 0 Å². The van der Waals surface area contributed by atoms with E-state index in [2.05, 4.69) is 19.2 Å². The molecule has 0 heterocycles. The van der Waals surface area contributed by atoms with Crippen LogP contribution < -0.4 is 10.1 Å². The van der Waals surface area contributed by atoms with E-state index in [1.807, 2.05) is 24.3 Å². The fourth-order valence-corrected chi connectivity index (χ4v) is 2.55. The summed E-state index contributed by atoms with van der Waals surface area (Å²) in [7, 11) is 1.64. The maximum atomic E-state index is 12.5. The van der Waals surface area contributed by atoms with Gasteiger partial charge in [0.25, 0.3) is 5.91 Å². The first-order chi connectivity index (χ1) is 11.0. The third-order valence-electron chi connectivity index (χ3n) is 3.64. The van der Waals surface area contributed by atoms with Crippen LogP contribution in [-0.2, 0) is 0 Å². The fourth-order valence-electron chi connectivity index (χ4n) is 2.43. The summed E-state index contributed by atoms with van der Waals surface area (Å²) in [6, 6.07) is 14.7. The summed E-state index contributed by atoms with van der Waals surface area (Å²) >= 11 is 5.87. The van der Waals surface area contributed by atoms with Crippen LogP contribution in [0.2, 0.25) is 5.02 Å². The van der Waals surface area contributed by atoms with Gasteiger partial charge in [0.2, 0.25) is 0 Å². The second-order valence-corrected chi connectivity index (χ2v) is 6.37. The number of amides is 1. The lowest BCUT2D eigenvalue weighted by Crippen LogP contribution is -2.29. The topological polar surface area (TPSA) is 38.3 Å². The number of halogens is 1. The molecule has 0 aliphatic rings. The molecule has 4 heteroatoms. The Morgan fingerprint density at radius 3 is 2.22 bits per heavy atom. The first-order valence-electron chi connectivity index (χ1n) is 7.70. The molecule has 2 aromatic rings. The standard InChI is InChI=1S/C19H22ClNO2/c1-13(2)12-18(14-6-10-17(23-3)11-7-14)21-19(22)15-4-8-16(20)9-5-15/h4-11,13,18H,12H2,1-3H3,(H,21,22). The van der Waals surface area contributed by atoms with Crippen molar-refractivity contribution in [1.82, 2.24) is 5.32 Å². The second kappa shape index (κ2) is 8.02. The van der Waals surface area contributed by atoms with Gasteiger partial charge < -0.3 is 10.1 Å². The zero-order valence-corrected chi connectivity index (χ0v) is 14.4. The van der Waals surface area contributed by atoms with Gasteiger partial charge in [-0.3, -0.25) is 4.79 Å². The Balaban J connectivity index is 2.17. The van der Waals surface area contributed by atoms with Crippen molar-refractivity contribution < 1.29 is 9.53 Å². The van der Waals surface area contributed by atoms with Gasteiger partial charge in [-0.05, 0) is 54.3 Å². The van der Waals surface area contributed by atoms with E-state index in [1.54, 1.807) is 31.4 Å². The smallest absolute Gasteiger partial charge is 0.251 e. The van der Waals surface area contributed by atoms with Crippen LogP contribution in [0, 0.1) is 5.92 Å². The number of methoxy groups -OCH3 is 1. The van der Waals surface area contributed by atoms with E-state index >= 15 is 0 Å². The van der Waals surface area contributed by atoms with Crippen molar-refractivity contribution in [2.24, 2.45) is 5.92 Å². The van der Waals surface area contributed by atoms with E-state index in [0.717, 1.165) is 17.7 Å². The predicted octanol–water partition coefficient (Wildman–Crippen LogP) is 4.87. The van der Waals surface area contributed by atoms with Gasteiger partial charge in [-0.25, -0.2) is 0 Å². The Hall–Kier alpha value is -2.00. The van der Waals surface area contributed by atoms with Gasteiger partial charge in [0, 0.05) is 10.6 Å². The van der Waals surface area contributed by atoms with Crippen molar-refractivity contribution >= 4 is 17.5 Å². The molecule has 1 unspecified atom stereocenters. The SMILES string of the molecule is COc1ccc(C(CC(C)C)NC(=O)c2ccc(Cl)cc2)cc1. The van der Waals surface area contributed by atoms with E-state index in [-0.39, 0.29) is 11.9 Å². The zero-order valence-electron chi connectivity index (χ0n) is 13.7. The summed E-state index contributed by atoms with van der Waals surface area (Å²) in [5, 5.41) is 3.74. The maximum Gasteiger partial charge on any atom is 0.251 e. The molecule has 1 amide bonds. The van der Waals surface area contributed by atoms with Crippen LogP contribution in [0.1, 0.15) is 42.2 Å². The van der Waals surface area contributed by atoms with Crippen LogP contribution in [-0.4, -0.2) is 13.0 Å². The lowest BCUT2D eigenvalue weighted by Gasteiger charge is -2.21. The molecule has 0 saturated carbocycles. The van der Waals surface area contributed by atoms with Crippen LogP contribution in [0.15, 0.2) is 48.5 Å². The Morgan fingerprint density at radius 2 is 1.70 bits per heavy atom. The van der Waals surface area contributed by atoms with Gasteiger partial charge in [0.15, 0.2) is 0 Å². The summed E-state index contributed by atoms with van der Waals surface area (Å²) < 4.78 is 5.19. The largest absolute Gasteiger partial charge is 0.497 e. The average molecular weight is 332 g/mol. The minimum Gasteiger partial charge on any atom is -0.497 e. The van der Waals surface area contributed by atoms with Gasteiger partial charge in [0.05, 0.1) is 13.2 Å². The van der Waals surface area contributed by atoms with Gasteiger partial charge in [-0.1, -0.05) is 37.6 Å². The molecule has 0 saturated heterocycles. The van der Waals surface area contributed by atoms with Crippen molar-refractivity contribution in [1.29, 1.82) is 0 Å². The number of carbonyl (C=O) groups is 1. The molecule has 1 atom stereocenters. The van der Waals surface area contributed by atoms with E-state index in [0.29, 0.717) is 16.5 Å². The number of ether oxygens (including phenoxy) is 1. The lowest BCUT2D eigenvalue weighted by atomic mass is 9.96. The monoisotopic (exact) mass is 331 g/mol. The van der Waals surface area contributed by atoms with E-state index in [4.69, 9.17) is 16.3 Å². The molecule has 0 bridgehead atoms. The number of hydrogen-bond donors (Lipinski definition) is 1. The van der Waals surface area contributed by atoms with Crippen molar-refractivity contribution in [3.8, 4) is 5.75 Å². The summed E-state index contributed by atoms with van der Waals surface area (Å²) in [5.41, 5.74) is 1.68. The van der Waals surface area contributed by atoms with E-state index in [1.165, 1.54) is 0 Å². The number of carbonyl (C=O) groups excluding carboxylic acids is 1. The first kappa shape index (κ1) is 17.4. The Labute approximate surface area is 142 Å². The van der Waals surface area contributed by atoms with Crippen molar-refractivity contribution in [3.05, 3.63) is 64.7 Å². The molecule has 0 radical (unpaired) electrons. The van der Waals surface area contributed by atoms with Gasteiger partial charge in [-0.2, -0.15) is 0 Å². The Kier molecular flexibility index (Phi) is 6.05. The highest BCUT2D eigenvalue weighted by molar-refractivity contribution is 6.30. The fraction of sp³-hybridized carbons (Fsp3) is 0.316. The molecule has 2 rings (SSSR count). The highest BCUT2D eigenvalue weighted by atomic mass is 35.5. The van der Waals surface area contributed by atoms with Gasteiger partial charge in [0.1, 0.15) is 5.75 Å². The maximum absolute atomic E-state index is 12.5. The average Bonchev–Trinajstić information content (AvgIpc) is 2.54. The molecule has 0 spiro atoms. The number of benzene rings is 2. The van der Waals surface area contributed by atoms with Crippen molar-refractivity contribution in [3.63, 3.8) is 0 Å². The highest BCUT2D eigenvalue weighted by Gasteiger charge is 2.17. The molecule has 2 aromatic carbocycles. The second-order valence-electron chi connectivity index (χ2n) is 5.94. The Morgan fingerprint density at radius 1 is 1.09 bits per heavy atom. The summed E-state index contributed by atoms with van der Waals surface area (Å²) in [5.74, 6) is 1.18. The van der Waals surface area contributed by atoms with Gasteiger partial charge >= 0.3 is 0 Å². The van der Waals surface area contributed by atoms with Crippen LogP contribution >= 0.6 is 11.6 Å². The van der Waals surface area contributed by atoms with Crippen LogP contribution in [0.25, 0.3) is 0 Å². The molecular weight excluding hydrogens is 310 g/mol. The molecule has 0 aliphatic carbocycles. The molecular formula is C19H22ClNO2. The Bertz CT molecular complexity index is 635. The highest BCUT2D eigenvalue weighted by Crippen LogP contribution is 2.24. The minimum absolute atomic E-state index is 0.0379. The molecule has 122 valence electrons. The molecule has 3 nitrogen and oxygen atoms in total. The van der Waals surface area contributed by atoms with Crippen LogP contribution in [0.4, 0.5) is 0 Å². The summed E-state index contributed by atoms with van der Waals surface area (Å²) in [6.45, 7) is 4.29. The van der Waals surface area contributed by atoms with E-state index < -0.39 is 0 Å². The first-order valence-corrected chi connectivity index (χ1v) is 8.07. The number of rotatable bonds is 6. The normalized spacial score (nSPS) is 12.0. The van der Waals surface area contributed by atoms with E-state index in [9.17, 15) is 4.79 Å². The van der Waals surface area contributed by atoms with Crippen LogP contribution in [0.5, 0.6) is 5.75 Å². The predicted molar refractivity (Wildman–Crippen MR) is 94.1 cm³/mol. The molecule has 0 fully saturated rings. The molecule has 1 N–H and O–H groups in total. The number of hydrogen-bond acceptors (Lipinski definition) is 2. The zero-order chi connectivity index (χ0) is 16.8. The van der Waals surface area contributed by atoms with Gasteiger partial charge in [-0.15, -0.1) is 0 Å². The molecule has 23 heavy (non-hydrogen) atoms.